The van der Waals surface area contributed by atoms with Gasteiger partial charge in [0.2, 0.25) is 0 Å². The minimum absolute atomic E-state index is 0.00624. The minimum atomic E-state index is -0.00624. The third-order valence-corrected chi connectivity index (χ3v) is 3.32. The van der Waals surface area contributed by atoms with Crippen LogP contribution in [0.3, 0.4) is 0 Å². The molecule has 0 saturated heterocycles. The van der Waals surface area contributed by atoms with Crippen molar-refractivity contribution in [3.05, 3.63) is 23.8 Å². The fraction of sp³-hybridized carbons (Fsp3) is 0.562. The van der Waals surface area contributed by atoms with Gasteiger partial charge < -0.3 is 16.0 Å². The van der Waals surface area contributed by atoms with Crippen LogP contribution >= 0.6 is 0 Å². The van der Waals surface area contributed by atoms with Gasteiger partial charge in [-0.15, -0.1) is 0 Å². The average Bonchev–Trinajstić information content (AvgIpc) is 2.38. The van der Waals surface area contributed by atoms with Crippen LogP contribution < -0.4 is 11.1 Å². The topological polar surface area (TPSA) is 58.4 Å². The highest BCUT2D eigenvalue weighted by Crippen LogP contribution is 2.22. The summed E-state index contributed by atoms with van der Waals surface area (Å²) in [5.41, 5.74) is 8.01. The Labute approximate surface area is 122 Å². The van der Waals surface area contributed by atoms with Gasteiger partial charge in [-0.05, 0) is 31.5 Å². The third kappa shape index (κ3) is 4.76. The Morgan fingerprint density at radius 1 is 1.35 bits per heavy atom. The van der Waals surface area contributed by atoms with Gasteiger partial charge in [0.1, 0.15) is 0 Å². The van der Waals surface area contributed by atoms with E-state index in [2.05, 4.69) is 19.2 Å². The Morgan fingerprint density at radius 3 is 2.65 bits per heavy atom. The predicted molar refractivity (Wildman–Crippen MR) is 86.1 cm³/mol. The van der Waals surface area contributed by atoms with Gasteiger partial charge in [-0.1, -0.05) is 26.2 Å². The Kier molecular flexibility index (Phi) is 6.36. The van der Waals surface area contributed by atoms with Crippen LogP contribution in [0.2, 0.25) is 0 Å². The molecule has 1 unspecified atom stereocenters. The first-order valence-corrected chi connectivity index (χ1v) is 7.33. The molecule has 20 heavy (non-hydrogen) atoms. The van der Waals surface area contributed by atoms with Gasteiger partial charge in [-0.25, -0.2) is 0 Å². The molecule has 1 atom stereocenters. The number of unbranched alkanes of at least 4 members (excludes halogenated alkanes) is 2. The highest BCUT2D eigenvalue weighted by Gasteiger charge is 2.15. The summed E-state index contributed by atoms with van der Waals surface area (Å²) in [7, 11) is 3.51. The van der Waals surface area contributed by atoms with Crippen molar-refractivity contribution in [2.24, 2.45) is 0 Å². The van der Waals surface area contributed by atoms with Crippen LogP contribution in [0.25, 0.3) is 0 Å². The van der Waals surface area contributed by atoms with Gasteiger partial charge in [-0.3, -0.25) is 4.79 Å². The van der Waals surface area contributed by atoms with E-state index in [1.165, 1.54) is 19.3 Å². The second-order valence-electron chi connectivity index (χ2n) is 5.55. The molecule has 0 aliphatic heterocycles. The fourth-order valence-electron chi connectivity index (χ4n) is 2.15. The van der Waals surface area contributed by atoms with Crippen molar-refractivity contribution in [1.82, 2.24) is 4.90 Å². The average molecular weight is 277 g/mol. The lowest BCUT2D eigenvalue weighted by atomic mass is 10.1. The second-order valence-corrected chi connectivity index (χ2v) is 5.55. The molecule has 1 amide bonds. The lowest BCUT2D eigenvalue weighted by Gasteiger charge is -2.20. The van der Waals surface area contributed by atoms with Gasteiger partial charge in [0.25, 0.3) is 5.91 Å². The summed E-state index contributed by atoms with van der Waals surface area (Å²) in [6, 6.07) is 5.73. The molecule has 0 aromatic heterocycles. The standard InChI is InChI=1S/C16H27N3O/c1-5-6-7-8-12(2)18-15-11-13(17)9-10-14(15)16(20)19(3)4/h9-12,18H,5-8,17H2,1-4H3. The van der Waals surface area contributed by atoms with E-state index in [4.69, 9.17) is 5.73 Å². The molecule has 0 aliphatic carbocycles. The molecule has 0 aliphatic rings. The molecule has 0 spiro atoms. The van der Waals surface area contributed by atoms with Crippen molar-refractivity contribution in [3.8, 4) is 0 Å². The van der Waals surface area contributed by atoms with E-state index in [1.54, 1.807) is 31.1 Å². The number of carbonyl (C=O) groups is 1. The molecule has 1 aromatic carbocycles. The summed E-state index contributed by atoms with van der Waals surface area (Å²) in [5, 5.41) is 3.42. The Hall–Kier alpha value is -1.71. The number of nitrogen functional groups attached to an aromatic ring is 1. The molecule has 0 bridgehead atoms. The summed E-state index contributed by atoms with van der Waals surface area (Å²) >= 11 is 0. The molecule has 3 N–H and O–H groups in total. The van der Waals surface area contributed by atoms with Gasteiger partial charge in [-0.2, -0.15) is 0 Å². The van der Waals surface area contributed by atoms with Crippen molar-refractivity contribution in [2.75, 3.05) is 25.1 Å². The zero-order valence-electron chi connectivity index (χ0n) is 13.1. The van der Waals surface area contributed by atoms with Crippen LogP contribution in [-0.4, -0.2) is 30.9 Å². The summed E-state index contributed by atoms with van der Waals surface area (Å²) in [4.78, 5) is 13.7. The van der Waals surface area contributed by atoms with Crippen LogP contribution in [0.1, 0.15) is 49.9 Å². The smallest absolute Gasteiger partial charge is 0.255 e. The van der Waals surface area contributed by atoms with E-state index in [9.17, 15) is 4.79 Å². The minimum Gasteiger partial charge on any atom is -0.399 e. The molecule has 1 rings (SSSR count). The van der Waals surface area contributed by atoms with Crippen molar-refractivity contribution in [2.45, 2.75) is 45.6 Å². The Bertz CT molecular complexity index is 443. The number of benzene rings is 1. The molecule has 0 radical (unpaired) electrons. The van der Waals surface area contributed by atoms with Crippen LogP contribution in [0.5, 0.6) is 0 Å². The number of nitrogens with two attached hydrogens (primary N) is 1. The molecule has 1 aromatic rings. The van der Waals surface area contributed by atoms with Crippen molar-refractivity contribution < 1.29 is 4.79 Å². The maximum absolute atomic E-state index is 12.2. The van der Waals surface area contributed by atoms with Gasteiger partial charge in [0, 0.05) is 31.5 Å². The van der Waals surface area contributed by atoms with E-state index < -0.39 is 0 Å². The van der Waals surface area contributed by atoms with Gasteiger partial charge in [0.05, 0.1) is 5.56 Å². The van der Waals surface area contributed by atoms with Crippen molar-refractivity contribution >= 4 is 17.3 Å². The molecule has 4 heteroatoms. The van der Waals surface area contributed by atoms with E-state index in [0.29, 0.717) is 17.3 Å². The second kappa shape index (κ2) is 7.78. The first-order chi connectivity index (χ1) is 9.45. The number of hydrogen-bond donors (Lipinski definition) is 2. The molecule has 0 fully saturated rings. The highest BCUT2D eigenvalue weighted by atomic mass is 16.2. The molecular weight excluding hydrogens is 250 g/mol. The number of carbonyl (C=O) groups excluding carboxylic acids is 1. The van der Waals surface area contributed by atoms with Gasteiger partial charge in [0.15, 0.2) is 0 Å². The number of anilines is 2. The molecule has 112 valence electrons. The maximum atomic E-state index is 12.2. The fourth-order valence-corrected chi connectivity index (χ4v) is 2.15. The first-order valence-electron chi connectivity index (χ1n) is 7.33. The normalized spacial score (nSPS) is 12.0. The number of amides is 1. The SMILES string of the molecule is CCCCCC(C)Nc1cc(N)ccc1C(=O)N(C)C. The first kappa shape index (κ1) is 16.3. The Morgan fingerprint density at radius 2 is 2.05 bits per heavy atom. The van der Waals surface area contributed by atoms with Crippen molar-refractivity contribution in [1.29, 1.82) is 0 Å². The third-order valence-electron chi connectivity index (χ3n) is 3.32. The van der Waals surface area contributed by atoms with Crippen LogP contribution in [0.15, 0.2) is 18.2 Å². The van der Waals surface area contributed by atoms with E-state index in [0.717, 1.165) is 12.1 Å². The van der Waals surface area contributed by atoms with Crippen LogP contribution in [0, 0.1) is 0 Å². The zero-order chi connectivity index (χ0) is 15.1. The largest absolute Gasteiger partial charge is 0.399 e. The maximum Gasteiger partial charge on any atom is 0.255 e. The lowest BCUT2D eigenvalue weighted by molar-refractivity contribution is 0.0828. The predicted octanol–water partition coefficient (Wildman–Crippen LogP) is 3.35. The monoisotopic (exact) mass is 277 g/mol. The summed E-state index contributed by atoms with van der Waals surface area (Å²) in [5.74, 6) is -0.00624. The van der Waals surface area contributed by atoms with E-state index in [-0.39, 0.29) is 5.91 Å². The van der Waals surface area contributed by atoms with Gasteiger partial charge >= 0.3 is 0 Å². The van der Waals surface area contributed by atoms with E-state index in [1.807, 2.05) is 6.07 Å². The summed E-state index contributed by atoms with van der Waals surface area (Å²) in [6.45, 7) is 4.34. The number of hydrogen-bond acceptors (Lipinski definition) is 3. The van der Waals surface area contributed by atoms with Crippen molar-refractivity contribution in [3.63, 3.8) is 0 Å². The molecular formula is C16H27N3O. The molecule has 0 heterocycles. The number of nitrogens with one attached hydrogen (secondary N) is 1. The zero-order valence-corrected chi connectivity index (χ0v) is 13.1. The van der Waals surface area contributed by atoms with E-state index >= 15 is 0 Å². The quantitative estimate of drug-likeness (QED) is 0.593. The lowest BCUT2D eigenvalue weighted by Crippen LogP contribution is -2.24. The van der Waals surface area contributed by atoms with Crippen LogP contribution in [-0.2, 0) is 0 Å². The number of rotatable bonds is 7. The number of nitrogens with zero attached hydrogens (tertiary/aromatic N) is 1. The van der Waals surface area contributed by atoms with Crippen LogP contribution in [0.4, 0.5) is 11.4 Å². The molecule has 0 saturated carbocycles. The summed E-state index contributed by atoms with van der Waals surface area (Å²) < 4.78 is 0. The molecule has 4 nitrogen and oxygen atoms in total. The Balaban J connectivity index is 2.81. The highest BCUT2D eigenvalue weighted by molar-refractivity contribution is 6.00. The summed E-state index contributed by atoms with van der Waals surface area (Å²) in [6.07, 6.45) is 4.75.